The minimum absolute atomic E-state index is 0. The van der Waals surface area contributed by atoms with E-state index in [4.69, 9.17) is 0 Å². The van der Waals surface area contributed by atoms with Gasteiger partial charge in [0.05, 0.1) is 5.69 Å². The van der Waals surface area contributed by atoms with Crippen LogP contribution in [0.2, 0.25) is 0 Å². The van der Waals surface area contributed by atoms with E-state index in [2.05, 4.69) is 27.6 Å². The molecule has 0 radical (unpaired) electrons. The summed E-state index contributed by atoms with van der Waals surface area (Å²) >= 11 is 1.50. The van der Waals surface area contributed by atoms with E-state index in [1.165, 1.54) is 43.9 Å². The van der Waals surface area contributed by atoms with Crippen LogP contribution >= 0.6 is 36.2 Å². The smallest absolute Gasteiger partial charge is 0.223 e. The highest BCUT2D eigenvalue weighted by Gasteiger charge is 2.35. The molecule has 2 bridgehead atoms. The second-order valence-corrected chi connectivity index (χ2v) is 6.86. The first-order valence-corrected chi connectivity index (χ1v) is 8.16. The predicted molar refractivity (Wildman–Crippen MR) is 95.3 cm³/mol. The summed E-state index contributed by atoms with van der Waals surface area (Å²) in [5, 5.41) is 9.16. The van der Waals surface area contributed by atoms with Crippen LogP contribution in [-0.2, 0) is 11.3 Å². The number of hydrogen-bond acceptors (Lipinski definition) is 5. The molecule has 3 heterocycles. The van der Waals surface area contributed by atoms with Crippen LogP contribution in [0.1, 0.15) is 38.3 Å². The van der Waals surface area contributed by atoms with E-state index in [0.29, 0.717) is 23.3 Å². The third-order valence-electron chi connectivity index (χ3n) is 4.32. The first kappa shape index (κ1) is 19.6. The van der Waals surface area contributed by atoms with Crippen molar-refractivity contribution in [1.82, 2.24) is 15.2 Å². The summed E-state index contributed by atoms with van der Waals surface area (Å²) in [5.41, 5.74) is 1.05. The summed E-state index contributed by atoms with van der Waals surface area (Å²) in [6.07, 6.45) is 5.15. The van der Waals surface area contributed by atoms with Gasteiger partial charge in [0.25, 0.3) is 0 Å². The van der Waals surface area contributed by atoms with Crippen LogP contribution in [0, 0.1) is 0 Å². The van der Waals surface area contributed by atoms with Gasteiger partial charge < -0.3 is 10.6 Å². The van der Waals surface area contributed by atoms with Gasteiger partial charge >= 0.3 is 0 Å². The Balaban J connectivity index is 0.00000121. The highest BCUT2D eigenvalue weighted by Crippen LogP contribution is 2.30. The zero-order valence-electron chi connectivity index (χ0n) is 12.9. The fourth-order valence-electron chi connectivity index (χ4n) is 3.36. The number of carbonyl (C=O) groups is 1. The molecule has 2 saturated heterocycles. The molecule has 126 valence electrons. The van der Waals surface area contributed by atoms with Gasteiger partial charge in [-0.3, -0.25) is 9.69 Å². The average Bonchev–Trinajstić information content (AvgIpc) is 2.95. The Morgan fingerprint density at radius 3 is 2.64 bits per heavy atom. The molecule has 0 spiro atoms. The number of piperidine rings is 1. The quantitative estimate of drug-likeness (QED) is 0.859. The third kappa shape index (κ3) is 4.80. The van der Waals surface area contributed by atoms with E-state index in [1.807, 2.05) is 5.38 Å². The van der Waals surface area contributed by atoms with Crippen molar-refractivity contribution in [1.29, 1.82) is 0 Å². The van der Waals surface area contributed by atoms with Gasteiger partial charge in [-0.25, -0.2) is 4.98 Å². The number of thiazole rings is 1. The Labute approximate surface area is 148 Å². The zero-order valence-corrected chi connectivity index (χ0v) is 15.3. The summed E-state index contributed by atoms with van der Waals surface area (Å²) in [5.74, 6) is -0.0609. The number of hydrogen-bond donors (Lipinski definition) is 2. The molecule has 1 amide bonds. The standard InChI is InChI=1S/C14H22N4OS.2ClH/c1-9(19)15-14-17-12(8-20-14)7-18(2)13-5-10-3-4-11(6-13)16-10;;/h8,10-11,13,16H,3-7H2,1-2H3,(H,15,17,19);2*1H. The predicted octanol–water partition coefficient (Wildman–Crippen LogP) is 2.66. The van der Waals surface area contributed by atoms with Gasteiger partial charge in [-0.1, -0.05) is 0 Å². The maximum atomic E-state index is 11.0. The summed E-state index contributed by atoms with van der Waals surface area (Å²) in [6, 6.07) is 2.08. The lowest BCUT2D eigenvalue weighted by Gasteiger charge is -2.35. The van der Waals surface area contributed by atoms with Gasteiger partial charge in [-0.15, -0.1) is 36.2 Å². The molecule has 8 heteroatoms. The Kier molecular flexibility index (Phi) is 7.55. The number of rotatable bonds is 4. The molecular formula is C14H24Cl2N4OS. The van der Waals surface area contributed by atoms with E-state index >= 15 is 0 Å². The van der Waals surface area contributed by atoms with Crippen molar-refractivity contribution < 1.29 is 4.79 Å². The number of anilines is 1. The molecule has 2 aliphatic heterocycles. The summed E-state index contributed by atoms with van der Waals surface area (Å²) in [6.45, 7) is 2.37. The topological polar surface area (TPSA) is 57.3 Å². The molecule has 3 rings (SSSR count). The number of halogens is 2. The number of fused-ring (bicyclic) bond motifs is 2. The zero-order chi connectivity index (χ0) is 14.1. The highest BCUT2D eigenvalue weighted by atomic mass is 35.5. The minimum Gasteiger partial charge on any atom is -0.311 e. The number of carbonyl (C=O) groups excluding carboxylic acids is 1. The number of amides is 1. The summed E-state index contributed by atoms with van der Waals surface area (Å²) < 4.78 is 0. The van der Waals surface area contributed by atoms with Gasteiger partial charge in [-0.2, -0.15) is 0 Å². The fourth-order valence-corrected chi connectivity index (χ4v) is 4.11. The van der Waals surface area contributed by atoms with Gasteiger partial charge in [-0.05, 0) is 32.7 Å². The molecule has 0 saturated carbocycles. The van der Waals surface area contributed by atoms with E-state index in [1.54, 1.807) is 0 Å². The van der Waals surface area contributed by atoms with Crippen LogP contribution in [0.3, 0.4) is 0 Å². The molecule has 2 atom stereocenters. The number of nitrogens with zero attached hydrogens (tertiary/aromatic N) is 2. The van der Waals surface area contributed by atoms with E-state index in [9.17, 15) is 4.79 Å². The van der Waals surface area contributed by atoms with Crippen molar-refractivity contribution in [2.24, 2.45) is 0 Å². The van der Waals surface area contributed by atoms with E-state index in [0.717, 1.165) is 12.2 Å². The maximum absolute atomic E-state index is 11.0. The Morgan fingerprint density at radius 2 is 2.05 bits per heavy atom. The van der Waals surface area contributed by atoms with Gasteiger partial charge in [0, 0.05) is 37.0 Å². The van der Waals surface area contributed by atoms with Gasteiger partial charge in [0.1, 0.15) is 0 Å². The fraction of sp³-hybridized carbons (Fsp3) is 0.714. The molecule has 2 unspecified atom stereocenters. The van der Waals surface area contributed by atoms with Crippen LogP contribution in [-0.4, -0.2) is 41.0 Å². The molecule has 1 aromatic rings. The lowest BCUT2D eigenvalue weighted by molar-refractivity contribution is -0.114. The molecule has 0 aliphatic carbocycles. The van der Waals surface area contributed by atoms with Crippen molar-refractivity contribution >= 4 is 47.2 Å². The van der Waals surface area contributed by atoms with Crippen LogP contribution in [0.5, 0.6) is 0 Å². The lowest BCUT2D eigenvalue weighted by Crippen LogP contribution is -2.46. The molecule has 1 aromatic heterocycles. The minimum atomic E-state index is -0.0609. The number of aromatic nitrogens is 1. The van der Waals surface area contributed by atoms with Crippen LogP contribution in [0.15, 0.2) is 5.38 Å². The largest absolute Gasteiger partial charge is 0.311 e. The maximum Gasteiger partial charge on any atom is 0.223 e. The van der Waals surface area contributed by atoms with Gasteiger partial charge in [0.15, 0.2) is 5.13 Å². The van der Waals surface area contributed by atoms with E-state index in [-0.39, 0.29) is 30.7 Å². The molecule has 5 nitrogen and oxygen atoms in total. The lowest BCUT2D eigenvalue weighted by atomic mass is 9.98. The van der Waals surface area contributed by atoms with Crippen molar-refractivity contribution in [3.63, 3.8) is 0 Å². The summed E-state index contributed by atoms with van der Waals surface area (Å²) in [7, 11) is 2.19. The first-order valence-electron chi connectivity index (χ1n) is 7.28. The second-order valence-electron chi connectivity index (χ2n) is 6.00. The molecule has 2 aliphatic rings. The Morgan fingerprint density at radius 1 is 1.41 bits per heavy atom. The monoisotopic (exact) mass is 366 g/mol. The average molecular weight is 367 g/mol. The van der Waals surface area contributed by atoms with Crippen molar-refractivity contribution in [2.45, 2.75) is 57.3 Å². The van der Waals surface area contributed by atoms with Crippen molar-refractivity contribution in [3.05, 3.63) is 11.1 Å². The molecule has 2 N–H and O–H groups in total. The van der Waals surface area contributed by atoms with Crippen LogP contribution < -0.4 is 10.6 Å². The Bertz CT molecular complexity index is 487. The molecular weight excluding hydrogens is 343 g/mol. The SMILES string of the molecule is CC(=O)Nc1nc(CN(C)C2CC3CCC(C2)N3)cs1.Cl.Cl. The molecule has 2 fully saturated rings. The van der Waals surface area contributed by atoms with Crippen molar-refractivity contribution in [3.8, 4) is 0 Å². The second kappa shape index (κ2) is 8.45. The normalized spacial score (nSPS) is 26.2. The van der Waals surface area contributed by atoms with Crippen LogP contribution in [0.4, 0.5) is 5.13 Å². The number of nitrogens with one attached hydrogen (secondary N) is 2. The molecule has 0 aromatic carbocycles. The summed E-state index contributed by atoms with van der Waals surface area (Å²) in [4.78, 5) is 17.9. The first-order chi connectivity index (χ1) is 9.60. The third-order valence-corrected chi connectivity index (χ3v) is 5.12. The Hall–Kier alpha value is -0.400. The van der Waals surface area contributed by atoms with E-state index < -0.39 is 0 Å². The van der Waals surface area contributed by atoms with Gasteiger partial charge in [0.2, 0.25) is 5.91 Å². The van der Waals surface area contributed by atoms with Crippen molar-refractivity contribution in [2.75, 3.05) is 12.4 Å². The van der Waals surface area contributed by atoms with Crippen LogP contribution in [0.25, 0.3) is 0 Å². The molecule has 22 heavy (non-hydrogen) atoms. The highest BCUT2D eigenvalue weighted by molar-refractivity contribution is 7.13.